The van der Waals surface area contributed by atoms with Gasteiger partial charge in [-0.1, -0.05) is 76.9 Å². The zero-order valence-electron chi connectivity index (χ0n) is 21.0. The fraction of sp³-hybridized carbons (Fsp3) is 0.464. The maximum atomic E-state index is 14.3. The van der Waals surface area contributed by atoms with E-state index in [4.69, 9.17) is 11.6 Å². The van der Waals surface area contributed by atoms with E-state index in [9.17, 15) is 19.5 Å². The Morgan fingerprint density at radius 1 is 1.18 bits per heavy atom. The first-order chi connectivity index (χ1) is 18.3. The summed E-state index contributed by atoms with van der Waals surface area (Å²) in [5.74, 6) is -1.97. The number of benzene rings is 2. The van der Waals surface area contributed by atoms with Crippen molar-refractivity contribution in [3.05, 3.63) is 65.2 Å². The third-order valence-corrected chi connectivity index (χ3v) is 11.4. The first-order valence-corrected chi connectivity index (χ1v) is 15.1. The molecule has 3 amide bonds. The summed E-state index contributed by atoms with van der Waals surface area (Å²) in [5.41, 5.74) is 1.41. The summed E-state index contributed by atoms with van der Waals surface area (Å²) in [7, 11) is 0. The molecule has 3 saturated heterocycles. The topological polar surface area (TPSA) is 98.7 Å². The minimum Gasteiger partial charge on any atom is -0.394 e. The Morgan fingerprint density at radius 2 is 1.89 bits per heavy atom. The Morgan fingerprint density at radius 3 is 2.58 bits per heavy atom. The minimum atomic E-state index is -0.879. The van der Waals surface area contributed by atoms with Crippen LogP contribution in [0.2, 0.25) is 5.02 Å². The van der Waals surface area contributed by atoms with Gasteiger partial charge >= 0.3 is 0 Å². The SMILES string of the molecule is CCCNC(=O)[C@H]1[C@@H]2SC3(CC2Br)C(C(=O)Nc2ccccc2Cl)N([C@@H](CO)Cc2ccccc2)C(=O)[C@H]13. The molecule has 202 valence electrons. The van der Waals surface area contributed by atoms with Crippen LogP contribution in [0.3, 0.4) is 0 Å². The maximum absolute atomic E-state index is 14.3. The average Bonchev–Trinajstić information content (AvgIpc) is 3.51. The molecule has 3 heterocycles. The Bertz CT molecular complexity index is 1220. The van der Waals surface area contributed by atoms with Gasteiger partial charge in [-0.3, -0.25) is 14.4 Å². The molecule has 7 atom stereocenters. The number of nitrogens with zero attached hydrogens (tertiary/aromatic N) is 1. The van der Waals surface area contributed by atoms with Gasteiger partial charge in [0.1, 0.15) is 6.04 Å². The van der Waals surface area contributed by atoms with Crippen molar-refractivity contribution in [1.82, 2.24) is 10.2 Å². The summed E-state index contributed by atoms with van der Waals surface area (Å²) < 4.78 is -0.806. The van der Waals surface area contributed by atoms with Crippen LogP contribution >= 0.6 is 39.3 Å². The smallest absolute Gasteiger partial charge is 0.248 e. The molecular weight excluding hydrogens is 590 g/mol. The Balaban J connectivity index is 1.56. The summed E-state index contributed by atoms with van der Waals surface area (Å²) >= 11 is 11.7. The highest BCUT2D eigenvalue weighted by Crippen LogP contribution is 2.68. The monoisotopic (exact) mass is 619 g/mol. The second-order valence-electron chi connectivity index (χ2n) is 10.2. The van der Waals surface area contributed by atoms with Crippen molar-refractivity contribution in [1.29, 1.82) is 0 Å². The lowest BCUT2D eigenvalue weighted by Crippen LogP contribution is -2.55. The van der Waals surface area contributed by atoms with Crippen molar-refractivity contribution in [2.45, 2.75) is 53.1 Å². The number of carbonyl (C=O) groups excluding carboxylic acids is 3. The first kappa shape index (κ1) is 27.5. The molecular formula is C28H31BrClN3O4S. The second kappa shape index (κ2) is 11.2. The molecule has 0 aliphatic carbocycles. The third kappa shape index (κ3) is 4.65. The normalized spacial score (nSPS) is 30.3. The van der Waals surface area contributed by atoms with Crippen LogP contribution < -0.4 is 10.6 Å². The predicted molar refractivity (Wildman–Crippen MR) is 153 cm³/mol. The number of rotatable bonds is 9. The molecule has 3 aliphatic rings. The van der Waals surface area contributed by atoms with E-state index in [2.05, 4.69) is 26.6 Å². The van der Waals surface area contributed by atoms with Gasteiger partial charge in [-0.2, -0.15) is 0 Å². The number of hydrogen-bond acceptors (Lipinski definition) is 5. The van der Waals surface area contributed by atoms with Crippen LogP contribution in [0.5, 0.6) is 0 Å². The van der Waals surface area contributed by atoms with E-state index in [1.807, 2.05) is 37.3 Å². The van der Waals surface area contributed by atoms with E-state index >= 15 is 0 Å². The van der Waals surface area contributed by atoms with Crippen LogP contribution in [0.4, 0.5) is 5.69 Å². The number of thioether (sulfide) groups is 1. The van der Waals surface area contributed by atoms with E-state index in [1.54, 1.807) is 40.9 Å². The van der Waals surface area contributed by atoms with E-state index in [-0.39, 0.29) is 34.4 Å². The van der Waals surface area contributed by atoms with Crippen molar-refractivity contribution in [2.24, 2.45) is 11.8 Å². The minimum absolute atomic E-state index is 0.0220. The Labute approximate surface area is 240 Å². The van der Waals surface area contributed by atoms with Crippen molar-refractivity contribution in [3.8, 4) is 0 Å². The van der Waals surface area contributed by atoms with Gasteiger partial charge in [0.2, 0.25) is 17.7 Å². The van der Waals surface area contributed by atoms with Crippen LogP contribution in [0.15, 0.2) is 54.6 Å². The van der Waals surface area contributed by atoms with Gasteiger partial charge in [-0.25, -0.2) is 0 Å². The molecule has 0 saturated carbocycles. The molecule has 0 radical (unpaired) electrons. The second-order valence-corrected chi connectivity index (χ2v) is 13.3. The van der Waals surface area contributed by atoms with Crippen molar-refractivity contribution >= 4 is 62.7 Å². The average molecular weight is 621 g/mol. The number of alkyl halides is 1. The van der Waals surface area contributed by atoms with E-state index in [1.165, 1.54) is 0 Å². The first-order valence-electron chi connectivity index (χ1n) is 12.9. The van der Waals surface area contributed by atoms with Gasteiger partial charge in [0.25, 0.3) is 0 Å². The number of aliphatic hydroxyl groups is 1. The number of halogens is 2. The zero-order valence-corrected chi connectivity index (χ0v) is 24.1. The molecule has 3 aliphatic heterocycles. The van der Waals surface area contributed by atoms with Crippen molar-refractivity contribution in [2.75, 3.05) is 18.5 Å². The standard InChI is InChI=1S/C28H31BrClN3O4S/c1-2-12-31-25(35)21-22-27(37)33(17(15-34)13-16-8-4-3-5-9-16)24(28(22)14-18(29)23(21)38-28)26(36)32-20-11-7-6-10-19(20)30/h3-11,17-18,21-24,34H,2,12-15H2,1H3,(H,31,35)(H,32,36)/t17-,18?,21-,22+,23-,24?,28?/m1/s1. The van der Waals surface area contributed by atoms with Crippen molar-refractivity contribution in [3.63, 3.8) is 0 Å². The predicted octanol–water partition coefficient (Wildman–Crippen LogP) is 3.87. The zero-order chi connectivity index (χ0) is 27.0. The van der Waals surface area contributed by atoms with Gasteiger partial charge in [0.05, 0.1) is 39.9 Å². The molecule has 0 aromatic heterocycles. The quantitative estimate of drug-likeness (QED) is 0.370. The Kier molecular flexibility index (Phi) is 8.10. The van der Waals surface area contributed by atoms with Gasteiger partial charge in [-0.15, -0.1) is 11.8 Å². The summed E-state index contributed by atoms with van der Waals surface area (Å²) in [6, 6.07) is 15.1. The molecule has 2 bridgehead atoms. The van der Waals surface area contributed by atoms with Crippen molar-refractivity contribution < 1.29 is 19.5 Å². The number of nitrogens with one attached hydrogen (secondary N) is 2. The van der Waals surface area contributed by atoms with Gasteiger partial charge in [-0.05, 0) is 37.0 Å². The van der Waals surface area contributed by atoms with Gasteiger partial charge in [0, 0.05) is 16.6 Å². The largest absolute Gasteiger partial charge is 0.394 e. The number of anilines is 1. The molecule has 5 rings (SSSR count). The number of amides is 3. The fourth-order valence-electron chi connectivity index (χ4n) is 6.33. The molecule has 3 fully saturated rings. The molecule has 3 N–H and O–H groups in total. The van der Waals surface area contributed by atoms with Gasteiger partial charge < -0.3 is 20.6 Å². The summed E-state index contributed by atoms with van der Waals surface area (Å²) in [5, 5.41) is 16.7. The number of likely N-dealkylation sites (tertiary alicyclic amines) is 1. The molecule has 7 nitrogen and oxygen atoms in total. The molecule has 10 heteroatoms. The van der Waals surface area contributed by atoms with Crippen LogP contribution in [-0.2, 0) is 20.8 Å². The number of aliphatic hydroxyl groups excluding tert-OH is 1. The fourth-order valence-corrected chi connectivity index (χ4v) is 10.1. The number of carbonyl (C=O) groups is 3. The molecule has 3 unspecified atom stereocenters. The number of hydrogen-bond donors (Lipinski definition) is 3. The highest BCUT2D eigenvalue weighted by atomic mass is 79.9. The van der Waals surface area contributed by atoms with Crippen LogP contribution in [-0.4, -0.2) is 67.8 Å². The summed E-state index contributed by atoms with van der Waals surface area (Å²) in [6.07, 6.45) is 1.74. The maximum Gasteiger partial charge on any atom is 0.248 e. The van der Waals surface area contributed by atoms with E-state index in [0.717, 1.165) is 12.0 Å². The third-order valence-electron chi connectivity index (χ3n) is 7.88. The number of fused-ring (bicyclic) bond motifs is 1. The van der Waals surface area contributed by atoms with E-state index in [0.29, 0.717) is 30.1 Å². The summed E-state index contributed by atoms with van der Waals surface area (Å²) in [4.78, 5) is 43.3. The Hall–Kier alpha value is -2.07. The summed E-state index contributed by atoms with van der Waals surface area (Å²) in [6.45, 7) is 2.20. The number of para-hydroxylation sites is 1. The van der Waals surface area contributed by atoms with E-state index < -0.39 is 28.7 Å². The van der Waals surface area contributed by atoms with Crippen LogP contribution in [0.1, 0.15) is 25.3 Å². The molecule has 1 spiro atoms. The highest BCUT2D eigenvalue weighted by molar-refractivity contribution is 9.09. The highest BCUT2D eigenvalue weighted by Gasteiger charge is 2.76. The lowest BCUT2D eigenvalue weighted by molar-refractivity contribution is -0.142. The molecule has 38 heavy (non-hydrogen) atoms. The molecule has 2 aromatic carbocycles. The van der Waals surface area contributed by atoms with Crippen LogP contribution in [0.25, 0.3) is 0 Å². The lowest BCUT2D eigenvalue weighted by Gasteiger charge is -2.37. The lowest BCUT2D eigenvalue weighted by atomic mass is 9.70. The van der Waals surface area contributed by atoms with Crippen LogP contribution in [0, 0.1) is 11.8 Å². The van der Waals surface area contributed by atoms with Gasteiger partial charge in [0.15, 0.2) is 0 Å². The molecule has 2 aromatic rings.